The SMILES string of the molecule is COCCOC(=O)Nc1cn2ncc(C#N)c(Nc3ccc(Oc4ccc(F)cc4)cc3)c2c1C. The Morgan fingerprint density at radius 3 is 2.46 bits per heavy atom. The number of fused-ring (bicyclic) bond motifs is 1. The third-order valence-electron chi connectivity index (χ3n) is 5.11. The molecule has 0 spiro atoms. The number of hydrogen-bond donors (Lipinski definition) is 2. The first-order valence-corrected chi connectivity index (χ1v) is 10.6. The first-order chi connectivity index (χ1) is 17.0. The maximum atomic E-state index is 13.1. The molecule has 0 aliphatic heterocycles. The van der Waals surface area contributed by atoms with Crippen molar-refractivity contribution in [3.05, 3.63) is 77.9 Å². The van der Waals surface area contributed by atoms with Crippen LogP contribution in [0.3, 0.4) is 0 Å². The smallest absolute Gasteiger partial charge is 0.411 e. The molecule has 0 aliphatic carbocycles. The van der Waals surface area contributed by atoms with Gasteiger partial charge < -0.3 is 19.5 Å². The number of anilines is 3. The Morgan fingerprint density at radius 2 is 1.80 bits per heavy atom. The maximum Gasteiger partial charge on any atom is 0.411 e. The molecule has 0 fully saturated rings. The van der Waals surface area contributed by atoms with Crippen LogP contribution in [0.15, 0.2) is 60.9 Å². The Morgan fingerprint density at radius 1 is 1.11 bits per heavy atom. The summed E-state index contributed by atoms with van der Waals surface area (Å²) in [6, 6.07) is 15.0. The van der Waals surface area contributed by atoms with Gasteiger partial charge in [-0.1, -0.05) is 0 Å². The zero-order chi connectivity index (χ0) is 24.8. The van der Waals surface area contributed by atoms with Gasteiger partial charge in [-0.2, -0.15) is 10.4 Å². The first-order valence-electron chi connectivity index (χ1n) is 10.6. The summed E-state index contributed by atoms with van der Waals surface area (Å²) in [5.74, 6) is 0.745. The van der Waals surface area contributed by atoms with Crippen molar-refractivity contribution in [2.75, 3.05) is 31.0 Å². The lowest BCUT2D eigenvalue weighted by atomic mass is 10.1. The summed E-state index contributed by atoms with van der Waals surface area (Å²) < 4.78 is 30.3. The Labute approximate surface area is 200 Å². The van der Waals surface area contributed by atoms with Gasteiger partial charge in [-0.05, 0) is 55.5 Å². The summed E-state index contributed by atoms with van der Waals surface area (Å²) >= 11 is 0. The molecule has 2 heterocycles. The van der Waals surface area contributed by atoms with Crippen molar-refractivity contribution in [1.82, 2.24) is 9.61 Å². The molecule has 0 saturated carbocycles. The number of nitrogens with zero attached hydrogens (tertiary/aromatic N) is 3. The molecule has 10 heteroatoms. The number of rotatable bonds is 8. The summed E-state index contributed by atoms with van der Waals surface area (Å²) in [7, 11) is 1.52. The van der Waals surface area contributed by atoms with Crippen LogP contribution in [0.25, 0.3) is 5.52 Å². The third kappa shape index (κ3) is 5.48. The fraction of sp³-hybridized carbons (Fsp3) is 0.160. The Bertz CT molecular complexity index is 1380. The summed E-state index contributed by atoms with van der Waals surface area (Å²) in [4.78, 5) is 12.1. The highest BCUT2D eigenvalue weighted by Crippen LogP contribution is 2.33. The third-order valence-corrected chi connectivity index (χ3v) is 5.11. The summed E-state index contributed by atoms with van der Waals surface area (Å²) in [5.41, 5.74) is 3.41. The number of methoxy groups -OCH3 is 1. The van der Waals surface area contributed by atoms with Crippen LogP contribution in [0.5, 0.6) is 11.5 Å². The van der Waals surface area contributed by atoms with Crippen molar-refractivity contribution < 1.29 is 23.4 Å². The fourth-order valence-electron chi connectivity index (χ4n) is 3.38. The molecule has 35 heavy (non-hydrogen) atoms. The van der Waals surface area contributed by atoms with E-state index in [1.54, 1.807) is 47.1 Å². The molecule has 0 radical (unpaired) electrons. The van der Waals surface area contributed by atoms with E-state index < -0.39 is 6.09 Å². The molecular weight excluding hydrogens is 453 g/mol. The number of amides is 1. The van der Waals surface area contributed by atoms with E-state index in [4.69, 9.17) is 14.2 Å². The normalized spacial score (nSPS) is 10.6. The Kier molecular flexibility index (Phi) is 7.09. The van der Waals surface area contributed by atoms with Gasteiger partial charge in [0.15, 0.2) is 0 Å². The maximum absolute atomic E-state index is 13.1. The highest BCUT2D eigenvalue weighted by Gasteiger charge is 2.17. The topological polar surface area (TPSA) is 110 Å². The zero-order valence-electron chi connectivity index (χ0n) is 19.0. The van der Waals surface area contributed by atoms with Gasteiger partial charge in [-0.15, -0.1) is 0 Å². The van der Waals surface area contributed by atoms with Crippen molar-refractivity contribution in [2.45, 2.75) is 6.92 Å². The number of aryl methyl sites for hydroxylation is 1. The second-order valence-electron chi connectivity index (χ2n) is 7.47. The number of benzene rings is 2. The lowest BCUT2D eigenvalue weighted by molar-refractivity contribution is 0.107. The van der Waals surface area contributed by atoms with Gasteiger partial charge in [0.25, 0.3) is 0 Å². The minimum absolute atomic E-state index is 0.124. The highest BCUT2D eigenvalue weighted by atomic mass is 19.1. The van der Waals surface area contributed by atoms with Gasteiger partial charge in [0.2, 0.25) is 0 Å². The van der Waals surface area contributed by atoms with Gasteiger partial charge in [0, 0.05) is 18.4 Å². The molecule has 2 aromatic heterocycles. The number of aromatic nitrogens is 2. The molecule has 0 unspecified atom stereocenters. The summed E-state index contributed by atoms with van der Waals surface area (Å²) in [6.45, 7) is 2.23. The van der Waals surface area contributed by atoms with E-state index in [1.165, 1.54) is 25.4 Å². The van der Waals surface area contributed by atoms with Gasteiger partial charge in [-0.3, -0.25) is 5.32 Å². The molecule has 0 aliphatic rings. The van der Waals surface area contributed by atoms with Crippen molar-refractivity contribution >= 4 is 28.7 Å². The number of carbonyl (C=O) groups excluding carboxylic acids is 1. The lowest BCUT2D eigenvalue weighted by Gasteiger charge is -2.12. The molecule has 2 N–H and O–H groups in total. The minimum atomic E-state index is -0.618. The van der Waals surface area contributed by atoms with E-state index >= 15 is 0 Å². The lowest BCUT2D eigenvalue weighted by Crippen LogP contribution is -2.16. The quantitative estimate of drug-likeness (QED) is 0.329. The van der Waals surface area contributed by atoms with E-state index in [0.29, 0.717) is 51.8 Å². The number of halogens is 1. The van der Waals surface area contributed by atoms with Crippen LogP contribution in [0.1, 0.15) is 11.1 Å². The summed E-state index contributed by atoms with van der Waals surface area (Å²) in [5, 5.41) is 19.9. The number of carbonyl (C=O) groups is 1. The number of hydrogen-bond acceptors (Lipinski definition) is 7. The number of nitriles is 1. The fourth-order valence-corrected chi connectivity index (χ4v) is 3.38. The van der Waals surface area contributed by atoms with Crippen LogP contribution in [0.4, 0.5) is 26.2 Å². The molecule has 9 nitrogen and oxygen atoms in total. The average Bonchev–Trinajstić information content (AvgIpc) is 3.17. The predicted molar refractivity (Wildman–Crippen MR) is 128 cm³/mol. The molecule has 4 aromatic rings. The first kappa shape index (κ1) is 23.5. The number of ether oxygens (including phenoxy) is 3. The Balaban J connectivity index is 1.57. The van der Waals surface area contributed by atoms with E-state index in [9.17, 15) is 14.4 Å². The second kappa shape index (κ2) is 10.5. The van der Waals surface area contributed by atoms with Crippen molar-refractivity contribution in [2.24, 2.45) is 0 Å². The van der Waals surface area contributed by atoms with Gasteiger partial charge >= 0.3 is 6.09 Å². The minimum Gasteiger partial charge on any atom is -0.457 e. The van der Waals surface area contributed by atoms with E-state index in [-0.39, 0.29) is 12.4 Å². The largest absolute Gasteiger partial charge is 0.457 e. The second-order valence-corrected chi connectivity index (χ2v) is 7.47. The average molecular weight is 475 g/mol. The summed E-state index contributed by atoms with van der Waals surface area (Å²) in [6.07, 6.45) is 2.48. The van der Waals surface area contributed by atoms with Crippen molar-refractivity contribution in [3.8, 4) is 17.6 Å². The molecule has 1 amide bonds. The predicted octanol–water partition coefficient (Wildman–Crippen LogP) is 5.38. The molecule has 178 valence electrons. The molecule has 0 saturated heterocycles. The molecule has 0 atom stereocenters. The zero-order valence-corrected chi connectivity index (χ0v) is 19.0. The standard InChI is InChI=1S/C25H22FN5O4/c1-16-22(30-25(32)34-12-11-33-2)15-31-24(16)23(17(13-27)14-28-31)29-19-5-9-21(10-6-19)35-20-7-3-18(26)4-8-20/h3-10,14-15,29H,11-12H2,1-2H3,(H,30,32). The molecular formula is C25H22FN5O4. The molecule has 4 rings (SSSR count). The van der Waals surface area contributed by atoms with Crippen LogP contribution < -0.4 is 15.4 Å². The van der Waals surface area contributed by atoms with Gasteiger partial charge in [0.1, 0.15) is 30.0 Å². The monoisotopic (exact) mass is 475 g/mol. The van der Waals surface area contributed by atoms with E-state index in [2.05, 4.69) is 21.8 Å². The number of nitrogens with one attached hydrogen (secondary N) is 2. The Hall–Kier alpha value is -4.62. The van der Waals surface area contributed by atoms with Gasteiger partial charge in [0.05, 0.1) is 41.5 Å². The van der Waals surface area contributed by atoms with Crippen LogP contribution in [0.2, 0.25) is 0 Å². The van der Waals surface area contributed by atoms with Crippen LogP contribution in [-0.4, -0.2) is 36.0 Å². The van der Waals surface area contributed by atoms with E-state index in [0.717, 1.165) is 0 Å². The highest BCUT2D eigenvalue weighted by molar-refractivity contribution is 5.92. The molecule has 2 aromatic carbocycles. The van der Waals surface area contributed by atoms with Crippen molar-refractivity contribution in [3.63, 3.8) is 0 Å². The van der Waals surface area contributed by atoms with Crippen LogP contribution in [0, 0.1) is 24.1 Å². The van der Waals surface area contributed by atoms with Crippen molar-refractivity contribution in [1.29, 1.82) is 5.26 Å². The van der Waals surface area contributed by atoms with Crippen LogP contribution >= 0.6 is 0 Å². The van der Waals surface area contributed by atoms with E-state index in [1.807, 2.05) is 6.92 Å². The van der Waals surface area contributed by atoms with Crippen LogP contribution in [-0.2, 0) is 9.47 Å². The van der Waals surface area contributed by atoms with Gasteiger partial charge in [-0.25, -0.2) is 13.7 Å². The molecule has 0 bridgehead atoms.